The van der Waals surface area contributed by atoms with Gasteiger partial charge in [0, 0.05) is 11.1 Å². The summed E-state index contributed by atoms with van der Waals surface area (Å²) in [5, 5.41) is 3.90. The van der Waals surface area contributed by atoms with Gasteiger partial charge in [-0.3, -0.25) is 13.5 Å². The first-order valence-electron chi connectivity index (χ1n) is 5.94. The molecule has 0 radical (unpaired) electrons. The van der Waals surface area contributed by atoms with Crippen LogP contribution in [0.15, 0.2) is 35.3 Å². The molecule has 0 aliphatic carbocycles. The number of amides is 1. The molecule has 0 aliphatic heterocycles. The summed E-state index contributed by atoms with van der Waals surface area (Å²) in [5.74, 6) is -0.243. The Balaban J connectivity index is 1.81. The Morgan fingerprint density at radius 2 is 2.20 bits per heavy atom. The van der Waals surface area contributed by atoms with Gasteiger partial charge in [-0.05, 0) is 19.1 Å². The van der Waals surface area contributed by atoms with E-state index >= 15 is 0 Å². The van der Waals surface area contributed by atoms with E-state index in [4.69, 9.17) is 0 Å². The average Bonchev–Trinajstić information content (AvgIpc) is 2.95. The van der Waals surface area contributed by atoms with E-state index in [2.05, 4.69) is 10.3 Å². The first kappa shape index (κ1) is 13.0. The van der Waals surface area contributed by atoms with Gasteiger partial charge in [0.25, 0.3) is 5.56 Å². The lowest BCUT2D eigenvalue weighted by Crippen LogP contribution is -2.23. The van der Waals surface area contributed by atoms with Gasteiger partial charge in [-0.25, -0.2) is 4.98 Å². The smallest absolute Gasteiger partial charge is 0.268 e. The van der Waals surface area contributed by atoms with Gasteiger partial charge < -0.3 is 5.32 Å². The normalized spacial score (nSPS) is 10.8. The van der Waals surface area contributed by atoms with Gasteiger partial charge in [0.05, 0.1) is 10.1 Å². The Kier molecular flexibility index (Phi) is 3.37. The van der Waals surface area contributed by atoms with E-state index in [9.17, 15) is 9.59 Å². The van der Waals surface area contributed by atoms with Crippen LogP contribution in [0.3, 0.4) is 0 Å². The Morgan fingerprint density at radius 1 is 1.40 bits per heavy atom. The molecule has 0 atom stereocenters. The van der Waals surface area contributed by atoms with Crippen LogP contribution >= 0.6 is 22.9 Å². The monoisotopic (exact) mass is 305 g/mol. The fourth-order valence-electron chi connectivity index (χ4n) is 1.82. The second kappa shape index (κ2) is 5.18. The second-order valence-corrected chi connectivity index (χ2v) is 6.55. The summed E-state index contributed by atoms with van der Waals surface area (Å²) in [5.41, 5.74) is -0.129. The molecule has 1 aromatic carbocycles. The molecular formula is C13H11N3O2S2. The highest BCUT2D eigenvalue weighted by Crippen LogP contribution is 2.18. The third-order valence-corrected chi connectivity index (χ3v) is 4.60. The van der Waals surface area contributed by atoms with E-state index in [-0.39, 0.29) is 18.0 Å². The van der Waals surface area contributed by atoms with Crippen molar-refractivity contribution >= 4 is 44.0 Å². The lowest BCUT2D eigenvalue weighted by Gasteiger charge is -2.00. The summed E-state index contributed by atoms with van der Waals surface area (Å²) in [4.78, 5) is 29.1. The molecule has 1 amide bonds. The number of carbonyl (C=O) groups excluding carboxylic acids is 1. The first-order valence-corrected chi connectivity index (χ1v) is 7.53. The number of thiazole rings is 1. The number of hydrogen-bond donors (Lipinski definition) is 1. The van der Waals surface area contributed by atoms with E-state index in [0.717, 1.165) is 9.58 Å². The molecule has 3 rings (SSSR count). The highest BCUT2D eigenvalue weighted by Gasteiger charge is 2.11. The van der Waals surface area contributed by atoms with Crippen LogP contribution in [-0.2, 0) is 11.3 Å². The second-order valence-electron chi connectivity index (χ2n) is 4.25. The Labute approximate surface area is 122 Å². The predicted octanol–water partition coefficient (Wildman–Crippen LogP) is 2.47. The van der Waals surface area contributed by atoms with Gasteiger partial charge in [-0.2, -0.15) is 0 Å². The molecule has 0 aliphatic rings. The number of hydrogen-bond acceptors (Lipinski definition) is 5. The van der Waals surface area contributed by atoms with Crippen molar-refractivity contribution in [3.8, 4) is 0 Å². The highest BCUT2D eigenvalue weighted by molar-refractivity contribution is 7.15. The maximum atomic E-state index is 12.1. The van der Waals surface area contributed by atoms with Gasteiger partial charge in [-0.15, -0.1) is 11.3 Å². The largest absolute Gasteiger partial charge is 0.300 e. The SMILES string of the molecule is Cc1cnc(NC(=O)Cn2sc3ccccc3c2=O)s1. The van der Waals surface area contributed by atoms with E-state index in [1.807, 2.05) is 25.1 Å². The Hall–Kier alpha value is -1.99. The Bertz CT molecular complexity index is 831. The molecule has 0 saturated heterocycles. The van der Waals surface area contributed by atoms with Crippen LogP contribution in [0.5, 0.6) is 0 Å². The van der Waals surface area contributed by atoms with Crippen molar-refractivity contribution in [2.24, 2.45) is 0 Å². The summed E-state index contributed by atoms with van der Waals surface area (Å²) >= 11 is 2.70. The summed E-state index contributed by atoms with van der Waals surface area (Å²) < 4.78 is 2.34. The van der Waals surface area contributed by atoms with Gasteiger partial charge in [-0.1, -0.05) is 23.7 Å². The van der Waals surface area contributed by atoms with Crippen molar-refractivity contribution < 1.29 is 4.79 Å². The van der Waals surface area contributed by atoms with Gasteiger partial charge >= 0.3 is 0 Å². The fraction of sp³-hybridized carbons (Fsp3) is 0.154. The molecule has 2 heterocycles. The first-order chi connectivity index (χ1) is 9.63. The number of nitrogens with zero attached hydrogens (tertiary/aromatic N) is 2. The van der Waals surface area contributed by atoms with Crippen LogP contribution in [0, 0.1) is 6.92 Å². The number of benzene rings is 1. The lowest BCUT2D eigenvalue weighted by atomic mass is 10.3. The average molecular weight is 305 g/mol. The number of nitrogens with one attached hydrogen (secondary N) is 1. The minimum atomic E-state index is -0.243. The fourth-order valence-corrected chi connectivity index (χ4v) is 3.50. The number of anilines is 1. The van der Waals surface area contributed by atoms with Crippen LogP contribution in [0.4, 0.5) is 5.13 Å². The van der Waals surface area contributed by atoms with Crippen LogP contribution in [0.25, 0.3) is 10.1 Å². The minimum absolute atomic E-state index is 0.0107. The molecule has 0 unspecified atom stereocenters. The molecule has 102 valence electrons. The molecule has 0 spiro atoms. The quantitative estimate of drug-likeness (QED) is 0.808. The summed E-state index contributed by atoms with van der Waals surface area (Å²) in [6.45, 7) is 1.93. The molecule has 3 aromatic rings. The molecule has 0 bridgehead atoms. The lowest BCUT2D eigenvalue weighted by molar-refractivity contribution is -0.116. The summed E-state index contributed by atoms with van der Waals surface area (Å²) in [7, 11) is 0. The number of rotatable bonds is 3. The van der Waals surface area contributed by atoms with Gasteiger partial charge in [0.15, 0.2) is 5.13 Å². The van der Waals surface area contributed by atoms with Crippen molar-refractivity contribution in [3.05, 3.63) is 45.7 Å². The zero-order chi connectivity index (χ0) is 14.1. The predicted molar refractivity (Wildman–Crippen MR) is 81.6 cm³/mol. The van der Waals surface area contributed by atoms with Crippen molar-refractivity contribution in [1.82, 2.24) is 8.94 Å². The molecule has 0 saturated carbocycles. The van der Waals surface area contributed by atoms with E-state index in [0.29, 0.717) is 10.5 Å². The zero-order valence-electron chi connectivity index (χ0n) is 10.6. The third-order valence-electron chi connectivity index (χ3n) is 2.71. The van der Waals surface area contributed by atoms with Gasteiger partial charge in [0.2, 0.25) is 5.91 Å². The zero-order valence-corrected chi connectivity index (χ0v) is 12.3. The van der Waals surface area contributed by atoms with E-state index in [1.165, 1.54) is 26.8 Å². The van der Waals surface area contributed by atoms with Crippen molar-refractivity contribution in [1.29, 1.82) is 0 Å². The van der Waals surface area contributed by atoms with Crippen molar-refractivity contribution in [3.63, 3.8) is 0 Å². The maximum Gasteiger partial charge on any atom is 0.268 e. The minimum Gasteiger partial charge on any atom is -0.300 e. The van der Waals surface area contributed by atoms with Crippen LogP contribution in [0.2, 0.25) is 0 Å². The molecule has 2 aromatic heterocycles. The van der Waals surface area contributed by atoms with E-state index in [1.54, 1.807) is 12.3 Å². The van der Waals surface area contributed by atoms with Crippen molar-refractivity contribution in [2.45, 2.75) is 13.5 Å². The standard InChI is InChI=1S/C13H11N3O2S2/c1-8-6-14-13(19-8)15-11(17)7-16-12(18)9-4-2-3-5-10(9)20-16/h2-6H,7H2,1H3,(H,14,15,17). The maximum absolute atomic E-state index is 12.1. The number of carbonyl (C=O) groups is 1. The molecule has 20 heavy (non-hydrogen) atoms. The van der Waals surface area contributed by atoms with Crippen LogP contribution < -0.4 is 10.9 Å². The van der Waals surface area contributed by atoms with Crippen LogP contribution in [-0.4, -0.2) is 14.8 Å². The molecule has 5 nitrogen and oxygen atoms in total. The molecule has 0 fully saturated rings. The number of aryl methyl sites for hydroxylation is 1. The third kappa shape index (κ3) is 2.50. The molecule has 7 heteroatoms. The number of fused-ring (bicyclic) bond motifs is 1. The summed E-state index contributed by atoms with van der Waals surface area (Å²) in [6, 6.07) is 7.34. The van der Waals surface area contributed by atoms with E-state index < -0.39 is 0 Å². The van der Waals surface area contributed by atoms with Crippen molar-refractivity contribution in [2.75, 3.05) is 5.32 Å². The summed E-state index contributed by atoms with van der Waals surface area (Å²) in [6.07, 6.45) is 1.70. The van der Waals surface area contributed by atoms with Gasteiger partial charge in [0.1, 0.15) is 6.54 Å². The van der Waals surface area contributed by atoms with Crippen LogP contribution in [0.1, 0.15) is 4.88 Å². The Morgan fingerprint density at radius 3 is 2.90 bits per heavy atom. The molecular weight excluding hydrogens is 294 g/mol. The number of aromatic nitrogens is 2. The topological polar surface area (TPSA) is 64.0 Å². The molecule has 1 N–H and O–H groups in total. The highest BCUT2D eigenvalue weighted by atomic mass is 32.1.